The van der Waals surface area contributed by atoms with E-state index in [4.69, 9.17) is 0 Å². The van der Waals surface area contributed by atoms with Gasteiger partial charge in [0.05, 0.1) is 0 Å². The smallest absolute Gasteiger partial charge is 0.0207 e. The number of hydrogen-bond donors (Lipinski definition) is 0. The van der Waals surface area contributed by atoms with Gasteiger partial charge in [-0.25, -0.2) is 0 Å². The molecule has 0 aliphatic carbocycles. The zero-order valence-corrected chi connectivity index (χ0v) is 10.6. The molecule has 0 spiro atoms. The Kier molecular flexibility index (Phi) is 7.67. The standard InChI is InChI=1S/C14H26/c1-6-8-13(5)11-14(9-7-2)10-12(3)4/h12-14H,6,8,10-11H2,1-5H3. The number of hydrogen-bond acceptors (Lipinski definition) is 0. The summed E-state index contributed by atoms with van der Waals surface area (Å²) in [4.78, 5) is 0. The number of rotatable bonds is 6. The summed E-state index contributed by atoms with van der Waals surface area (Å²) in [6.45, 7) is 11.1. The van der Waals surface area contributed by atoms with E-state index < -0.39 is 0 Å². The molecule has 0 fully saturated rings. The minimum Gasteiger partial charge on any atom is -0.106 e. The lowest BCUT2D eigenvalue weighted by atomic mass is 9.87. The molecule has 0 aliphatic rings. The summed E-state index contributed by atoms with van der Waals surface area (Å²) in [7, 11) is 0. The van der Waals surface area contributed by atoms with Crippen LogP contribution in [0.15, 0.2) is 0 Å². The first-order valence-corrected chi connectivity index (χ1v) is 6.02. The molecule has 0 heteroatoms. The third-order valence-electron chi connectivity index (χ3n) is 2.57. The highest BCUT2D eigenvalue weighted by atomic mass is 14.2. The summed E-state index contributed by atoms with van der Waals surface area (Å²) in [5.41, 5.74) is 0. The molecular formula is C14H26. The fraction of sp³-hybridized carbons (Fsp3) is 0.857. The molecule has 0 aliphatic heterocycles. The quantitative estimate of drug-likeness (QED) is 0.546. The van der Waals surface area contributed by atoms with Crippen LogP contribution < -0.4 is 0 Å². The normalized spacial score (nSPS) is 14.7. The van der Waals surface area contributed by atoms with Gasteiger partial charge in [0.1, 0.15) is 0 Å². The molecule has 0 bridgehead atoms. The SMILES string of the molecule is CC#CC(CC(C)C)CC(C)CCC. The minimum absolute atomic E-state index is 0.626. The van der Waals surface area contributed by atoms with Crippen molar-refractivity contribution >= 4 is 0 Å². The van der Waals surface area contributed by atoms with Gasteiger partial charge < -0.3 is 0 Å². The first-order chi connectivity index (χ1) is 6.60. The molecule has 0 N–H and O–H groups in total. The van der Waals surface area contributed by atoms with Crippen LogP contribution in [0.3, 0.4) is 0 Å². The van der Waals surface area contributed by atoms with Crippen LogP contribution in [0.5, 0.6) is 0 Å². The van der Waals surface area contributed by atoms with Gasteiger partial charge in [-0.2, -0.15) is 0 Å². The van der Waals surface area contributed by atoms with E-state index in [0.29, 0.717) is 5.92 Å². The third-order valence-corrected chi connectivity index (χ3v) is 2.57. The van der Waals surface area contributed by atoms with Gasteiger partial charge in [-0.05, 0) is 31.6 Å². The Morgan fingerprint density at radius 1 is 1.07 bits per heavy atom. The van der Waals surface area contributed by atoms with E-state index in [1.54, 1.807) is 0 Å². The monoisotopic (exact) mass is 194 g/mol. The molecule has 0 heterocycles. The van der Waals surface area contributed by atoms with Crippen molar-refractivity contribution in [3.8, 4) is 11.8 Å². The van der Waals surface area contributed by atoms with Crippen LogP contribution in [-0.4, -0.2) is 0 Å². The second-order valence-electron chi connectivity index (χ2n) is 4.85. The Morgan fingerprint density at radius 3 is 2.14 bits per heavy atom. The molecule has 2 unspecified atom stereocenters. The lowest BCUT2D eigenvalue weighted by Crippen LogP contribution is -2.07. The van der Waals surface area contributed by atoms with E-state index in [2.05, 4.69) is 39.5 Å². The van der Waals surface area contributed by atoms with Gasteiger partial charge in [-0.1, -0.05) is 40.5 Å². The lowest BCUT2D eigenvalue weighted by Gasteiger charge is -2.17. The van der Waals surface area contributed by atoms with Crippen LogP contribution in [0, 0.1) is 29.6 Å². The highest BCUT2D eigenvalue weighted by molar-refractivity contribution is 5.01. The molecule has 14 heavy (non-hydrogen) atoms. The Hall–Kier alpha value is -0.440. The average molecular weight is 194 g/mol. The highest BCUT2D eigenvalue weighted by Gasteiger charge is 2.11. The van der Waals surface area contributed by atoms with Crippen molar-refractivity contribution in [1.82, 2.24) is 0 Å². The maximum atomic E-state index is 3.35. The van der Waals surface area contributed by atoms with Crippen LogP contribution in [0.25, 0.3) is 0 Å². The first-order valence-electron chi connectivity index (χ1n) is 6.02. The van der Waals surface area contributed by atoms with E-state index in [1.807, 2.05) is 6.92 Å². The highest BCUT2D eigenvalue weighted by Crippen LogP contribution is 2.22. The van der Waals surface area contributed by atoms with Crippen LogP contribution in [0.1, 0.15) is 60.3 Å². The summed E-state index contributed by atoms with van der Waals surface area (Å²) >= 11 is 0. The van der Waals surface area contributed by atoms with Crippen molar-refractivity contribution in [3.63, 3.8) is 0 Å². The Bertz CT molecular complexity index is 180. The molecule has 0 saturated carbocycles. The predicted octanol–water partition coefficient (Wildman–Crippen LogP) is 4.50. The largest absolute Gasteiger partial charge is 0.106 e. The Labute approximate surface area is 90.5 Å². The van der Waals surface area contributed by atoms with Crippen LogP contribution >= 0.6 is 0 Å². The zero-order valence-electron chi connectivity index (χ0n) is 10.6. The Balaban J connectivity index is 3.99. The van der Waals surface area contributed by atoms with Gasteiger partial charge in [-0.3, -0.25) is 0 Å². The average Bonchev–Trinajstić information content (AvgIpc) is 2.03. The fourth-order valence-corrected chi connectivity index (χ4v) is 2.08. The molecule has 0 saturated heterocycles. The van der Waals surface area contributed by atoms with Gasteiger partial charge >= 0.3 is 0 Å². The summed E-state index contributed by atoms with van der Waals surface area (Å²) in [6, 6.07) is 0. The second-order valence-corrected chi connectivity index (χ2v) is 4.85. The van der Waals surface area contributed by atoms with Gasteiger partial charge in [-0.15, -0.1) is 11.8 Å². The van der Waals surface area contributed by atoms with Crippen molar-refractivity contribution in [1.29, 1.82) is 0 Å². The first kappa shape index (κ1) is 13.6. The van der Waals surface area contributed by atoms with Gasteiger partial charge in [0.25, 0.3) is 0 Å². The van der Waals surface area contributed by atoms with Crippen molar-refractivity contribution in [2.45, 2.75) is 60.3 Å². The Morgan fingerprint density at radius 2 is 1.71 bits per heavy atom. The zero-order chi connectivity index (χ0) is 11.0. The molecule has 0 amide bonds. The maximum absolute atomic E-state index is 3.35. The van der Waals surface area contributed by atoms with E-state index in [1.165, 1.54) is 25.7 Å². The van der Waals surface area contributed by atoms with Gasteiger partial charge in [0.2, 0.25) is 0 Å². The van der Waals surface area contributed by atoms with Gasteiger partial charge in [0.15, 0.2) is 0 Å². The van der Waals surface area contributed by atoms with Crippen LogP contribution in [0.4, 0.5) is 0 Å². The molecule has 0 rings (SSSR count). The van der Waals surface area contributed by atoms with Crippen LogP contribution in [0.2, 0.25) is 0 Å². The molecule has 0 nitrogen and oxygen atoms in total. The van der Waals surface area contributed by atoms with E-state index >= 15 is 0 Å². The predicted molar refractivity (Wildman–Crippen MR) is 65.1 cm³/mol. The molecule has 0 aromatic carbocycles. The molecular weight excluding hydrogens is 168 g/mol. The molecule has 0 radical (unpaired) electrons. The van der Waals surface area contributed by atoms with Crippen molar-refractivity contribution in [2.75, 3.05) is 0 Å². The van der Waals surface area contributed by atoms with E-state index in [0.717, 1.165) is 11.8 Å². The lowest BCUT2D eigenvalue weighted by molar-refractivity contribution is 0.377. The van der Waals surface area contributed by atoms with Crippen molar-refractivity contribution < 1.29 is 0 Å². The maximum Gasteiger partial charge on any atom is 0.0207 e. The van der Waals surface area contributed by atoms with Gasteiger partial charge in [0, 0.05) is 5.92 Å². The second kappa shape index (κ2) is 7.92. The summed E-state index contributed by atoms with van der Waals surface area (Å²) in [5.74, 6) is 8.66. The molecule has 0 aromatic rings. The molecule has 2 atom stereocenters. The van der Waals surface area contributed by atoms with Crippen molar-refractivity contribution in [3.05, 3.63) is 0 Å². The summed E-state index contributed by atoms with van der Waals surface area (Å²) in [5, 5.41) is 0. The van der Waals surface area contributed by atoms with E-state index in [-0.39, 0.29) is 0 Å². The van der Waals surface area contributed by atoms with Crippen molar-refractivity contribution in [2.24, 2.45) is 17.8 Å². The van der Waals surface area contributed by atoms with E-state index in [9.17, 15) is 0 Å². The fourth-order valence-electron chi connectivity index (χ4n) is 2.08. The summed E-state index contributed by atoms with van der Waals surface area (Å²) in [6.07, 6.45) is 5.19. The molecule has 82 valence electrons. The minimum atomic E-state index is 0.626. The summed E-state index contributed by atoms with van der Waals surface area (Å²) < 4.78 is 0. The third kappa shape index (κ3) is 7.01. The molecule has 0 aromatic heterocycles. The topological polar surface area (TPSA) is 0 Å². The van der Waals surface area contributed by atoms with Crippen LogP contribution in [-0.2, 0) is 0 Å².